The molecule has 2 heteroatoms. The van der Waals surface area contributed by atoms with Gasteiger partial charge in [-0.1, -0.05) is 31.4 Å². The van der Waals surface area contributed by atoms with Crippen LogP contribution in [0.5, 0.6) is 0 Å². The van der Waals surface area contributed by atoms with E-state index in [9.17, 15) is 0 Å². The largest absolute Gasteiger partial charge is 0.0628 e. The van der Waals surface area contributed by atoms with E-state index in [1.165, 1.54) is 6.42 Å². The zero-order valence-electron chi connectivity index (χ0n) is 4.74. The predicted molar refractivity (Wildman–Crippen MR) is 32.0 cm³/mol. The van der Waals surface area contributed by atoms with Gasteiger partial charge < -0.3 is 0 Å². The van der Waals surface area contributed by atoms with Gasteiger partial charge in [0.2, 0.25) is 0 Å². The van der Waals surface area contributed by atoms with E-state index in [0.29, 0.717) is 9.52 Å². The van der Waals surface area contributed by atoms with Crippen LogP contribution in [-0.2, 0) is 21.7 Å². The topological polar surface area (TPSA) is 0 Å². The molecule has 0 saturated carbocycles. The molecule has 0 unspecified atom stereocenters. The second-order valence-corrected chi connectivity index (χ2v) is 4.24. The normalized spacial score (nSPS) is 20.6. The number of hydrogen-bond donors (Lipinski definition) is 0. The molecule has 1 rings (SSSR count). The summed E-state index contributed by atoms with van der Waals surface area (Å²) in [7, 11) is 0.508. The number of hydrogen-bond acceptors (Lipinski definition) is 0. The Kier molecular flexibility index (Phi) is 5.75. The summed E-state index contributed by atoms with van der Waals surface area (Å²) in [6.45, 7) is 0. The molecule has 0 aromatic rings. The summed E-state index contributed by atoms with van der Waals surface area (Å²) in [5.41, 5.74) is 0. The van der Waals surface area contributed by atoms with Gasteiger partial charge in [-0.3, -0.25) is 0 Å². The first-order valence-electron chi connectivity index (χ1n) is 3.00. The van der Waals surface area contributed by atoms with E-state index in [2.05, 4.69) is 0 Å². The molecule has 0 nitrogen and oxygen atoms in total. The molecule has 1 aliphatic heterocycles. The van der Waals surface area contributed by atoms with Crippen molar-refractivity contribution >= 4 is 9.52 Å². The van der Waals surface area contributed by atoms with Gasteiger partial charge in [0, 0.05) is 31.2 Å². The van der Waals surface area contributed by atoms with Crippen LogP contribution < -0.4 is 0 Å². The van der Waals surface area contributed by atoms with Crippen LogP contribution in [-0.4, -0.2) is 9.52 Å². The molecule has 0 radical (unpaired) electrons. The van der Waals surface area contributed by atoms with Crippen LogP contribution in [0.2, 0.25) is 12.1 Å². The molecule has 7 heavy (non-hydrogen) atoms. The fraction of sp³-hybridized carbons (Fsp3) is 1.00. The molecular weight excluding hydrogens is 136 g/mol. The van der Waals surface area contributed by atoms with Crippen molar-refractivity contribution in [2.75, 3.05) is 0 Å². The second-order valence-electron chi connectivity index (χ2n) is 2.12. The van der Waals surface area contributed by atoms with Crippen molar-refractivity contribution in [3.8, 4) is 0 Å². The van der Waals surface area contributed by atoms with E-state index in [1.807, 2.05) is 0 Å². The summed E-state index contributed by atoms with van der Waals surface area (Å²) >= 11 is 0. The molecule has 0 aromatic carbocycles. The fourth-order valence-corrected chi connectivity index (χ4v) is 2.83. The maximum Gasteiger partial charge on any atom is 0.0197 e. The molecule has 0 spiro atoms. The smallest absolute Gasteiger partial charge is 0.0197 e. The van der Waals surface area contributed by atoms with Crippen molar-refractivity contribution in [2.24, 2.45) is 0 Å². The van der Waals surface area contributed by atoms with E-state index in [0.717, 1.165) is 0 Å². The van der Waals surface area contributed by atoms with Gasteiger partial charge in [0.05, 0.1) is 0 Å². The fourth-order valence-electron chi connectivity index (χ4n) is 1.06. The summed E-state index contributed by atoms with van der Waals surface area (Å²) < 4.78 is 0. The first-order valence-corrected chi connectivity index (χ1v) is 5.00. The van der Waals surface area contributed by atoms with Gasteiger partial charge in [0.25, 0.3) is 0 Å². The standard InChI is InChI=1S/C5H12Si.Ti/c1-2-4-6-5-3-1;/h1-6H2;. The van der Waals surface area contributed by atoms with Crippen LogP contribution in [0, 0.1) is 0 Å². The Morgan fingerprint density at radius 2 is 1.43 bits per heavy atom. The maximum atomic E-state index is 1.64. The van der Waals surface area contributed by atoms with Crippen LogP contribution in [0.3, 0.4) is 0 Å². The van der Waals surface area contributed by atoms with Crippen LogP contribution >= 0.6 is 0 Å². The quantitative estimate of drug-likeness (QED) is 0.452. The van der Waals surface area contributed by atoms with Gasteiger partial charge in [-0.05, 0) is 0 Å². The molecule has 1 fully saturated rings. The molecule has 40 valence electrons. The van der Waals surface area contributed by atoms with Gasteiger partial charge in [0.15, 0.2) is 0 Å². The van der Waals surface area contributed by atoms with Crippen molar-refractivity contribution in [3.05, 3.63) is 0 Å². The third-order valence-electron chi connectivity index (χ3n) is 1.50. The summed E-state index contributed by atoms with van der Waals surface area (Å²) in [4.78, 5) is 0. The predicted octanol–water partition coefficient (Wildman–Crippen LogP) is 1.17. The second kappa shape index (κ2) is 5.08. The van der Waals surface area contributed by atoms with E-state index >= 15 is 0 Å². The molecule has 1 aliphatic rings. The Morgan fingerprint density at radius 3 is 1.57 bits per heavy atom. The van der Waals surface area contributed by atoms with Crippen molar-refractivity contribution in [1.29, 1.82) is 0 Å². The SMILES string of the molecule is C1CC[SiH2]CC1.[Ti]. The molecule has 0 aromatic heterocycles. The average Bonchev–Trinajstić information content (AvgIpc) is 1.72. The molecule has 1 heterocycles. The van der Waals surface area contributed by atoms with Crippen molar-refractivity contribution in [2.45, 2.75) is 31.4 Å². The van der Waals surface area contributed by atoms with Crippen LogP contribution in [0.15, 0.2) is 0 Å². The molecule has 0 bridgehead atoms. The first kappa shape index (κ1) is 7.93. The van der Waals surface area contributed by atoms with Crippen molar-refractivity contribution < 1.29 is 21.7 Å². The zero-order valence-corrected chi connectivity index (χ0v) is 7.72. The average molecular weight is 148 g/mol. The summed E-state index contributed by atoms with van der Waals surface area (Å²) in [5.74, 6) is 0. The third kappa shape index (κ3) is 3.51. The number of rotatable bonds is 0. The molecule has 1 saturated heterocycles. The summed E-state index contributed by atoms with van der Waals surface area (Å²) in [6.07, 6.45) is 4.66. The molecule has 0 aliphatic carbocycles. The molecule has 0 amide bonds. The van der Waals surface area contributed by atoms with Crippen molar-refractivity contribution in [3.63, 3.8) is 0 Å². The van der Waals surface area contributed by atoms with Crippen LogP contribution in [0.1, 0.15) is 19.3 Å². The van der Waals surface area contributed by atoms with E-state index in [4.69, 9.17) is 0 Å². The Morgan fingerprint density at radius 1 is 0.857 bits per heavy atom. The van der Waals surface area contributed by atoms with Gasteiger partial charge in [-0.25, -0.2) is 0 Å². The van der Waals surface area contributed by atoms with Crippen molar-refractivity contribution in [1.82, 2.24) is 0 Å². The van der Waals surface area contributed by atoms with Gasteiger partial charge in [-0.15, -0.1) is 0 Å². The Labute approximate surface area is 62.8 Å². The molecular formula is C5H12SiTi. The third-order valence-corrected chi connectivity index (χ3v) is 3.50. The van der Waals surface area contributed by atoms with E-state index in [-0.39, 0.29) is 21.7 Å². The minimum absolute atomic E-state index is 0. The Hall–Kier alpha value is 0.931. The zero-order chi connectivity index (χ0) is 4.24. The van der Waals surface area contributed by atoms with E-state index in [1.54, 1.807) is 24.9 Å². The monoisotopic (exact) mass is 148 g/mol. The van der Waals surface area contributed by atoms with Gasteiger partial charge in [0.1, 0.15) is 0 Å². The Balaban J connectivity index is 0.000000360. The maximum absolute atomic E-state index is 1.64. The first-order chi connectivity index (χ1) is 3.00. The minimum Gasteiger partial charge on any atom is -0.0628 e. The summed E-state index contributed by atoms with van der Waals surface area (Å²) in [6, 6.07) is 3.28. The molecule has 0 atom stereocenters. The Bertz CT molecular complexity index is 23.6. The summed E-state index contributed by atoms with van der Waals surface area (Å²) in [5, 5.41) is 0. The van der Waals surface area contributed by atoms with Gasteiger partial charge in [-0.2, -0.15) is 0 Å². The van der Waals surface area contributed by atoms with Crippen LogP contribution in [0.4, 0.5) is 0 Å². The van der Waals surface area contributed by atoms with Crippen LogP contribution in [0.25, 0.3) is 0 Å². The van der Waals surface area contributed by atoms with E-state index < -0.39 is 0 Å². The minimum atomic E-state index is 0. The van der Waals surface area contributed by atoms with Gasteiger partial charge >= 0.3 is 0 Å². The molecule has 0 N–H and O–H groups in total.